The van der Waals surface area contributed by atoms with Crippen molar-refractivity contribution in [2.45, 2.75) is 27.3 Å². The fourth-order valence-corrected chi connectivity index (χ4v) is 2.52. The number of aryl methyl sites for hydroxylation is 3. The molecule has 4 heteroatoms. The third-order valence-corrected chi connectivity index (χ3v) is 4.24. The third kappa shape index (κ3) is 6.05. The Morgan fingerprint density at radius 1 is 1.00 bits per heavy atom. The van der Waals surface area contributed by atoms with Gasteiger partial charge in [0.05, 0.1) is 6.61 Å². The fraction of sp³-hybridized carbons (Fsp3) is 0.318. The second-order valence-corrected chi connectivity index (χ2v) is 6.33. The molecule has 0 spiro atoms. The summed E-state index contributed by atoms with van der Waals surface area (Å²) in [5.41, 5.74) is 5.75. The van der Waals surface area contributed by atoms with Crippen LogP contribution in [-0.4, -0.2) is 26.2 Å². The second-order valence-electron chi connectivity index (χ2n) is 6.33. The zero-order valence-corrected chi connectivity index (χ0v) is 16.0. The number of amides is 1. The Morgan fingerprint density at radius 3 is 2.38 bits per heavy atom. The summed E-state index contributed by atoms with van der Waals surface area (Å²) in [5, 5.41) is 2.90. The first-order valence-corrected chi connectivity index (χ1v) is 8.74. The Labute approximate surface area is 155 Å². The molecule has 0 heterocycles. The molecule has 1 N–H and O–H groups in total. The molecule has 0 fully saturated rings. The summed E-state index contributed by atoms with van der Waals surface area (Å²) in [6, 6.07) is 11.9. The van der Waals surface area contributed by atoms with Gasteiger partial charge in [-0.25, -0.2) is 0 Å². The molecule has 138 valence electrons. The number of rotatable bonds is 8. The number of benzene rings is 2. The number of hydrogen-bond donors (Lipinski definition) is 1. The molecule has 0 radical (unpaired) electrons. The first-order chi connectivity index (χ1) is 12.5. The lowest BCUT2D eigenvalue weighted by Crippen LogP contribution is -2.20. The summed E-state index contributed by atoms with van der Waals surface area (Å²) < 4.78 is 10.5. The number of methoxy groups -OCH3 is 1. The smallest absolute Gasteiger partial charge is 0.244 e. The van der Waals surface area contributed by atoms with Crippen molar-refractivity contribution in [1.82, 2.24) is 5.32 Å². The van der Waals surface area contributed by atoms with Gasteiger partial charge in [-0.05, 0) is 66.8 Å². The van der Waals surface area contributed by atoms with Crippen LogP contribution in [0, 0.1) is 20.8 Å². The van der Waals surface area contributed by atoms with E-state index in [9.17, 15) is 4.79 Å². The Kier molecular flexibility index (Phi) is 7.42. The van der Waals surface area contributed by atoms with Crippen molar-refractivity contribution < 1.29 is 14.3 Å². The van der Waals surface area contributed by atoms with E-state index in [4.69, 9.17) is 9.47 Å². The maximum Gasteiger partial charge on any atom is 0.244 e. The lowest BCUT2D eigenvalue weighted by Gasteiger charge is -2.07. The van der Waals surface area contributed by atoms with E-state index in [-0.39, 0.29) is 5.91 Å². The highest BCUT2D eigenvalue weighted by molar-refractivity contribution is 5.91. The molecule has 0 saturated heterocycles. The number of hydrogen-bond acceptors (Lipinski definition) is 3. The van der Waals surface area contributed by atoms with Gasteiger partial charge in [-0.3, -0.25) is 4.79 Å². The quantitative estimate of drug-likeness (QED) is 0.577. The fourth-order valence-electron chi connectivity index (χ4n) is 2.52. The summed E-state index contributed by atoms with van der Waals surface area (Å²) in [4.78, 5) is 12.1. The van der Waals surface area contributed by atoms with Crippen LogP contribution in [0.1, 0.15) is 27.8 Å². The van der Waals surface area contributed by atoms with Crippen molar-refractivity contribution in [2.24, 2.45) is 0 Å². The van der Waals surface area contributed by atoms with E-state index in [1.54, 1.807) is 13.2 Å². The molecular weight excluding hydrogens is 326 g/mol. The monoisotopic (exact) mass is 353 g/mol. The lowest BCUT2D eigenvalue weighted by molar-refractivity contribution is -0.116. The van der Waals surface area contributed by atoms with Gasteiger partial charge < -0.3 is 14.8 Å². The van der Waals surface area contributed by atoms with Crippen molar-refractivity contribution >= 4 is 12.0 Å². The molecule has 0 unspecified atom stereocenters. The van der Waals surface area contributed by atoms with Crippen LogP contribution < -0.4 is 10.1 Å². The van der Waals surface area contributed by atoms with Crippen LogP contribution >= 0.6 is 0 Å². The first kappa shape index (κ1) is 19.7. The molecule has 2 aromatic rings. The van der Waals surface area contributed by atoms with Gasteiger partial charge in [0, 0.05) is 19.7 Å². The van der Waals surface area contributed by atoms with Crippen molar-refractivity contribution in [3.05, 3.63) is 70.3 Å². The Hall–Kier alpha value is -2.59. The number of nitrogens with one attached hydrogen (secondary N) is 1. The van der Waals surface area contributed by atoms with Gasteiger partial charge in [-0.15, -0.1) is 0 Å². The molecular formula is C22H27NO3. The van der Waals surface area contributed by atoms with E-state index in [2.05, 4.69) is 38.2 Å². The van der Waals surface area contributed by atoms with Gasteiger partial charge in [0.25, 0.3) is 0 Å². The summed E-state index contributed by atoms with van der Waals surface area (Å²) in [6.45, 7) is 7.79. The molecule has 0 aliphatic carbocycles. The van der Waals surface area contributed by atoms with Crippen LogP contribution in [0.25, 0.3) is 6.08 Å². The van der Waals surface area contributed by atoms with Gasteiger partial charge in [-0.2, -0.15) is 0 Å². The zero-order chi connectivity index (χ0) is 18.9. The van der Waals surface area contributed by atoms with Crippen molar-refractivity contribution in [1.29, 1.82) is 0 Å². The molecule has 1 amide bonds. The van der Waals surface area contributed by atoms with Crippen LogP contribution in [0.15, 0.2) is 42.5 Å². The SMILES string of the molecule is COCCOc1ccc(CNC(=O)/C=C/c2cc(C)c(C)cc2C)cc1. The van der Waals surface area contributed by atoms with E-state index < -0.39 is 0 Å². The second kappa shape index (κ2) is 9.78. The Morgan fingerprint density at radius 2 is 1.69 bits per heavy atom. The van der Waals surface area contributed by atoms with Crippen LogP contribution in [0.4, 0.5) is 0 Å². The molecule has 4 nitrogen and oxygen atoms in total. The molecule has 2 aromatic carbocycles. The molecule has 2 rings (SSSR count). The highest BCUT2D eigenvalue weighted by Gasteiger charge is 2.01. The summed E-state index contributed by atoms with van der Waals surface area (Å²) in [7, 11) is 1.64. The minimum Gasteiger partial charge on any atom is -0.491 e. The highest BCUT2D eigenvalue weighted by atomic mass is 16.5. The maximum absolute atomic E-state index is 12.1. The maximum atomic E-state index is 12.1. The van der Waals surface area contributed by atoms with Crippen LogP contribution in [-0.2, 0) is 16.1 Å². The molecule has 0 bridgehead atoms. The van der Waals surface area contributed by atoms with Crippen molar-refractivity contribution in [3.63, 3.8) is 0 Å². The minimum absolute atomic E-state index is 0.108. The predicted octanol–water partition coefficient (Wildman–Crippen LogP) is 3.97. The van der Waals surface area contributed by atoms with E-state index >= 15 is 0 Å². The van der Waals surface area contributed by atoms with Crippen LogP contribution in [0.2, 0.25) is 0 Å². The van der Waals surface area contributed by atoms with Gasteiger partial charge in [0.1, 0.15) is 12.4 Å². The van der Waals surface area contributed by atoms with Crippen molar-refractivity contribution in [2.75, 3.05) is 20.3 Å². The number of carbonyl (C=O) groups is 1. The molecule has 0 aliphatic heterocycles. The molecule has 0 aromatic heterocycles. The topological polar surface area (TPSA) is 47.6 Å². The number of carbonyl (C=O) groups excluding carboxylic acids is 1. The number of ether oxygens (including phenoxy) is 2. The van der Waals surface area contributed by atoms with Gasteiger partial charge in [0.2, 0.25) is 5.91 Å². The van der Waals surface area contributed by atoms with Crippen molar-refractivity contribution in [3.8, 4) is 5.75 Å². The predicted molar refractivity (Wildman–Crippen MR) is 105 cm³/mol. The zero-order valence-electron chi connectivity index (χ0n) is 16.0. The van der Waals surface area contributed by atoms with E-state index in [1.165, 1.54) is 16.7 Å². The molecule has 0 aliphatic rings. The lowest BCUT2D eigenvalue weighted by atomic mass is 10.0. The minimum atomic E-state index is -0.108. The summed E-state index contributed by atoms with van der Waals surface area (Å²) in [6.07, 6.45) is 3.45. The van der Waals surface area contributed by atoms with E-state index in [1.807, 2.05) is 30.3 Å². The Bertz CT molecular complexity index is 764. The average Bonchev–Trinajstić information content (AvgIpc) is 2.63. The van der Waals surface area contributed by atoms with E-state index in [0.29, 0.717) is 19.8 Å². The molecule has 0 atom stereocenters. The van der Waals surface area contributed by atoms with Gasteiger partial charge in [-0.1, -0.05) is 24.3 Å². The summed E-state index contributed by atoms with van der Waals surface area (Å²) >= 11 is 0. The van der Waals surface area contributed by atoms with Crippen LogP contribution in [0.5, 0.6) is 5.75 Å². The first-order valence-electron chi connectivity index (χ1n) is 8.74. The summed E-state index contributed by atoms with van der Waals surface area (Å²) in [5.74, 6) is 0.685. The average molecular weight is 353 g/mol. The highest BCUT2D eigenvalue weighted by Crippen LogP contribution is 2.16. The van der Waals surface area contributed by atoms with Gasteiger partial charge in [0.15, 0.2) is 0 Å². The largest absolute Gasteiger partial charge is 0.491 e. The normalized spacial score (nSPS) is 10.9. The van der Waals surface area contributed by atoms with Crippen LogP contribution in [0.3, 0.4) is 0 Å². The van der Waals surface area contributed by atoms with E-state index in [0.717, 1.165) is 16.9 Å². The Balaban J connectivity index is 1.86. The molecule has 26 heavy (non-hydrogen) atoms. The third-order valence-electron chi connectivity index (χ3n) is 4.24. The molecule has 0 saturated carbocycles. The van der Waals surface area contributed by atoms with Gasteiger partial charge >= 0.3 is 0 Å². The standard InChI is InChI=1S/C22H27NO3/c1-16-13-18(3)20(14-17(16)2)7-10-22(24)23-15-19-5-8-21(9-6-19)26-12-11-25-4/h5-10,13-14H,11-12,15H2,1-4H3,(H,23,24)/b10-7+.